The van der Waals surface area contributed by atoms with Crippen molar-refractivity contribution in [3.8, 4) is 11.4 Å². The Labute approximate surface area is 109 Å². The summed E-state index contributed by atoms with van der Waals surface area (Å²) in [7, 11) is 5.14. The Morgan fingerprint density at radius 3 is 2.47 bits per heavy atom. The van der Waals surface area contributed by atoms with Gasteiger partial charge >= 0.3 is 0 Å². The normalized spacial score (nSPS) is 10.4. The summed E-state index contributed by atoms with van der Waals surface area (Å²) in [6.07, 6.45) is 0. The maximum absolute atomic E-state index is 13.7. The van der Waals surface area contributed by atoms with E-state index in [1.165, 1.54) is 12.1 Å². The second-order valence-electron chi connectivity index (χ2n) is 4.03. The van der Waals surface area contributed by atoms with Gasteiger partial charge in [-0.1, -0.05) is 6.07 Å². The number of hydrogen-bond donors (Lipinski definition) is 1. The minimum atomic E-state index is -0.972. The fraction of sp³-hybridized carbons (Fsp3) is 0.250. The summed E-state index contributed by atoms with van der Waals surface area (Å²) in [5.41, 5.74) is 0.00185. The molecule has 7 heteroatoms. The summed E-state index contributed by atoms with van der Waals surface area (Å²) in [4.78, 5) is 13.9. The highest BCUT2D eigenvalue weighted by Crippen LogP contribution is 2.23. The standard InChI is InChI=1S/C12H13F2N5/c1-15-11-16-10(17-12(18-11)19(2)3)7-5-4-6-8(13)9(7)14/h4-6H,1-3H3,(H,15,16,17,18). The average molecular weight is 265 g/mol. The van der Waals surface area contributed by atoms with Gasteiger partial charge in [-0.2, -0.15) is 15.0 Å². The molecule has 5 nitrogen and oxygen atoms in total. The van der Waals surface area contributed by atoms with E-state index in [4.69, 9.17) is 0 Å². The largest absolute Gasteiger partial charge is 0.357 e. The third kappa shape index (κ3) is 2.59. The van der Waals surface area contributed by atoms with Gasteiger partial charge in [0.2, 0.25) is 11.9 Å². The molecule has 1 aromatic heterocycles. The summed E-state index contributed by atoms with van der Waals surface area (Å²) < 4.78 is 27.0. The minimum Gasteiger partial charge on any atom is -0.357 e. The van der Waals surface area contributed by atoms with E-state index < -0.39 is 11.6 Å². The Hall–Kier alpha value is -2.31. The van der Waals surface area contributed by atoms with Crippen LogP contribution < -0.4 is 10.2 Å². The maximum atomic E-state index is 13.7. The number of benzene rings is 1. The average Bonchev–Trinajstić information content (AvgIpc) is 2.41. The molecule has 0 spiro atoms. The summed E-state index contributed by atoms with van der Waals surface area (Å²) >= 11 is 0. The van der Waals surface area contributed by atoms with E-state index in [0.29, 0.717) is 5.95 Å². The zero-order valence-corrected chi connectivity index (χ0v) is 10.8. The van der Waals surface area contributed by atoms with E-state index in [0.717, 1.165) is 6.07 Å². The Bertz CT molecular complexity index is 601. The number of nitrogens with one attached hydrogen (secondary N) is 1. The van der Waals surface area contributed by atoms with Crippen molar-refractivity contribution >= 4 is 11.9 Å². The lowest BCUT2D eigenvalue weighted by Crippen LogP contribution is -2.15. The summed E-state index contributed by atoms with van der Waals surface area (Å²) in [5.74, 6) is -1.17. The molecule has 0 fully saturated rings. The molecule has 0 unspecified atom stereocenters. The van der Waals surface area contributed by atoms with Gasteiger partial charge in [-0.05, 0) is 12.1 Å². The Morgan fingerprint density at radius 2 is 1.84 bits per heavy atom. The van der Waals surface area contributed by atoms with Crippen molar-refractivity contribution < 1.29 is 8.78 Å². The SMILES string of the molecule is CNc1nc(-c2cccc(F)c2F)nc(N(C)C)n1. The zero-order valence-electron chi connectivity index (χ0n) is 10.8. The van der Waals surface area contributed by atoms with Gasteiger partial charge in [-0.15, -0.1) is 0 Å². The van der Waals surface area contributed by atoms with E-state index >= 15 is 0 Å². The van der Waals surface area contributed by atoms with Crippen LogP contribution in [0.25, 0.3) is 11.4 Å². The van der Waals surface area contributed by atoms with Crippen molar-refractivity contribution in [2.45, 2.75) is 0 Å². The van der Waals surface area contributed by atoms with Crippen LogP contribution in [0.15, 0.2) is 18.2 Å². The Morgan fingerprint density at radius 1 is 1.11 bits per heavy atom. The van der Waals surface area contributed by atoms with Crippen molar-refractivity contribution in [3.63, 3.8) is 0 Å². The number of anilines is 2. The monoisotopic (exact) mass is 265 g/mol. The smallest absolute Gasteiger partial charge is 0.230 e. The lowest BCUT2D eigenvalue weighted by molar-refractivity contribution is 0.510. The molecule has 0 radical (unpaired) electrons. The summed E-state index contributed by atoms with van der Waals surface area (Å²) in [6, 6.07) is 3.88. The Kier molecular flexibility index (Phi) is 3.55. The van der Waals surface area contributed by atoms with Crippen LogP contribution in [-0.4, -0.2) is 36.1 Å². The molecule has 0 atom stereocenters. The fourth-order valence-electron chi connectivity index (χ4n) is 1.47. The fourth-order valence-corrected chi connectivity index (χ4v) is 1.47. The molecule has 100 valence electrons. The van der Waals surface area contributed by atoms with Crippen molar-refractivity contribution in [1.29, 1.82) is 0 Å². The van der Waals surface area contributed by atoms with Crippen molar-refractivity contribution in [2.24, 2.45) is 0 Å². The van der Waals surface area contributed by atoms with Gasteiger partial charge < -0.3 is 10.2 Å². The summed E-state index contributed by atoms with van der Waals surface area (Å²) in [5, 5.41) is 2.76. The molecule has 0 aliphatic rings. The van der Waals surface area contributed by atoms with Gasteiger partial charge in [0.1, 0.15) is 0 Å². The van der Waals surface area contributed by atoms with E-state index in [1.54, 1.807) is 26.0 Å². The number of nitrogens with zero attached hydrogens (tertiary/aromatic N) is 4. The molecular weight excluding hydrogens is 252 g/mol. The van der Waals surface area contributed by atoms with Crippen LogP contribution in [0.5, 0.6) is 0 Å². The second kappa shape index (κ2) is 5.13. The molecule has 0 aliphatic carbocycles. The van der Waals surface area contributed by atoms with Crippen LogP contribution in [0.2, 0.25) is 0 Å². The third-order valence-electron chi connectivity index (χ3n) is 2.44. The molecule has 1 aromatic carbocycles. The highest BCUT2D eigenvalue weighted by atomic mass is 19.2. The van der Waals surface area contributed by atoms with Crippen LogP contribution in [0.1, 0.15) is 0 Å². The van der Waals surface area contributed by atoms with E-state index in [9.17, 15) is 8.78 Å². The first-order chi connectivity index (χ1) is 9.02. The Balaban J connectivity index is 2.61. The highest BCUT2D eigenvalue weighted by molar-refractivity contribution is 5.59. The molecule has 1 heterocycles. The first-order valence-corrected chi connectivity index (χ1v) is 5.58. The predicted molar refractivity (Wildman–Crippen MR) is 69.1 cm³/mol. The van der Waals surface area contributed by atoms with E-state index in [-0.39, 0.29) is 17.3 Å². The van der Waals surface area contributed by atoms with Crippen LogP contribution in [0.3, 0.4) is 0 Å². The van der Waals surface area contributed by atoms with Gasteiger partial charge in [0.05, 0.1) is 5.56 Å². The van der Waals surface area contributed by atoms with Crippen molar-refractivity contribution in [2.75, 3.05) is 31.4 Å². The lowest BCUT2D eigenvalue weighted by atomic mass is 10.2. The first-order valence-electron chi connectivity index (χ1n) is 5.58. The molecule has 2 rings (SSSR count). The van der Waals surface area contributed by atoms with Gasteiger partial charge in [0, 0.05) is 21.1 Å². The summed E-state index contributed by atoms with van der Waals surface area (Å²) in [6.45, 7) is 0. The molecule has 0 saturated carbocycles. The minimum absolute atomic E-state index is 0.00185. The van der Waals surface area contributed by atoms with Crippen molar-refractivity contribution in [1.82, 2.24) is 15.0 Å². The predicted octanol–water partition coefficient (Wildman–Crippen LogP) is 1.92. The lowest BCUT2D eigenvalue weighted by Gasteiger charge is -2.12. The van der Waals surface area contributed by atoms with Crippen LogP contribution >= 0.6 is 0 Å². The molecule has 1 N–H and O–H groups in total. The molecule has 2 aromatic rings. The number of aromatic nitrogens is 3. The quantitative estimate of drug-likeness (QED) is 0.919. The third-order valence-corrected chi connectivity index (χ3v) is 2.44. The molecule has 0 saturated heterocycles. The van der Waals surface area contributed by atoms with Gasteiger partial charge in [-0.25, -0.2) is 8.78 Å². The molecule has 0 amide bonds. The maximum Gasteiger partial charge on any atom is 0.230 e. The second-order valence-corrected chi connectivity index (χ2v) is 4.03. The molecule has 19 heavy (non-hydrogen) atoms. The molecule has 0 bridgehead atoms. The van der Waals surface area contributed by atoms with Crippen LogP contribution in [-0.2, 0) is 0 Å². The first kappa shape index (κ1) is 13.1. The number of rotatable bonds is 3. The van der Waals surface area contributed by atoms with Crippen LogP contribution in [0, 0.1) is 11.6 Å². The molecule has 0 aliphatic heterocycles. The van der Waals surface area contributed by atoms with Gasteiger partial charge in [0.25, 0.3) is 0 Å². The van der Waals surface area contributed by atoms with Crippen molar-refractivity contribution in [3.05, 3.63) is 29.8 Å². The number of halogens is 2. The van der Waals surface area contributed by atoms with Crippen LogP contribution in [0.4, 0.5) is 20.7 Å². The van der Waals surface area contributed by atoms with E-state index in [1.807, 2.05) is 0 Å². The van der Waals surface area contributed by atoms with Gasteiger partial charge in [0.15, 0.2) is 17.5 Å². The zero-order chi connectivity index (χ0) is 14.0. The molecular formula is C12H13F2N5. The topological polar surface area (TPSA) is 53.9 Å². The highest BCUT2D eigenvalue weighted by Gasteiger charge is 2.15. The van der Waals surface area contributed by atoms with E-state index in [2.05, 4.69) is 20.3 Å². The van der Waals surface area contributed by atoms with Gasteiger partial charge in [-0.3, -0.25) is 0 Å². The number of hydrogen-bond acceptors (Lipinski definition) is 5.